The zero-order valence-electron chi connectivity index (χ0n) is 11.1. The second-order valence-electron chi connectivity index (χ2n) is 4.45. The predicted octanol–water partition coefficient (Wildman–Crippen LogP) is 3.60. The lowest BCUT2D eigenvalue weighted by Crippen LogP contribution is -2.29. The third kappa shape index (κ3) is 3.01. The summed E-state index contributed by atoms with van der Waals surface area (Å²) in [6.07, 6.45) is 1.85. The molecule has 0 aliphatic carbocycles. The molecule has 0 spiro atoms. The monoisotopic (exact) mass is 261 g/mol. The number of hydrogen-bond donors (Lipinski definition) is 1. The van der Waals surface area contributed by atoms with E-state index in [4.69, 9.17) is 0 Å². The number of nitrogens with zero attached hydrogens (tertiary/aromatic N) is 2. The molecule has 18 heavy (non-hydrogen) atoms. The highest BCUT2D eigenvalue weighted by Gasteiger charge is 2.12. The molecule has 3 nitrogen and oxygen atoms in total. The van der Waals surface area contributed by atoms with Gasteiger partial charge in [0.15, 0.2) is 0 Å². The fourth-order valence-corrected chi connectivity index (χ4v) is 2.58. The largest absolute Gasteiger partial charge is 0.373 e. The summed E-state index contributed by atoms with van der Waals surface area (Å²) in [5.74, 6) is 0.907. The van der Waals surface area contributed by atoms with Crippen molar-refractivity contribution in [3.8, 4) is 0 Å². The third-order valence-corrected chi connectivity index (χ3v) is 3.72. The van der Waals surface area contributed by atoms with Crippen LogP contribution in [0.5, 0.6) is 0 Å². The van der Waals surface area contributed by atoms with Crippen LogP contribution in [0.2, 0.25) is 0 Å². The zero-order valence-corrected chi connectivity index (χ0v) is 11.9. The van der Waals surface area contributed by atoms with Crippen LogP contribution < -0.4 is 10.2 Å². The Labute approximate surface area is 112 Å². The molecule has 2 aromatic heterocycles. The Hall–Kier alpha value is -1.55. The molecule has 0 aliphatic rings. The maximum Gasteiger partial charge on any atom is 0.127 e. The average molecular weight is 261 g/mol. The van der Waals surface area contributed by atoms with E-state index < -0.39 is 0 Å². The minimum Gasteiger partial charge on any atom is -0.373 e. The molecule has 1 N–H and O–H groups in total. The highest BCUT2D eigenvalue weighted by atomic mass is 32.1. The molecule has 96 valence electrons. The standard InChI is InChI=1S/C14H19N3S/c1-11(2)17(10-13-5-4-8-18-13)12-6-7-16-14(9-12)15-3/h4-9,11H,10H2,1-3H3,(H,15,16). The lowest BCUT2D eigenvalue weighted by Gasteiger charge is -2.28. The van der Waals surface area contributed by atoms with E-state index in [0.717, 1.165) is 12.4 Å². The minimum absolute atomic E-state index is 0.458. The molecule has 0 amide bonds. The maximum atomic E-state index is 4.26. The molecule has 4 heteroatoms. The van der Waals surface area contributed by atoms with Gasteiger partial charge in [0.25, 0.3) is 0 Å². The molecule has 0 unspecified atom stereocenters. The van der Waals surface area contributed by atoms with Crippen molar-refractivity contribution in [1.82, 2.24) is 4.98 Å². The topological polar surface area (TPSA) is 28.2 Å². The van der Waals surface area contributed by atoms with Crippen LogP contribution in [0.15, 0.2) is 35.8 Å². The molecular weight excluding hydrogens is 242 g/mol. The van der Waals surface area contributed by atoms with E-state index in [2.05, 4.69) is 58.7 Å². The van der Waals surface area contributed by atoms with Crippen LogP contribution in [0.1, 0.15) is 18.7 Å². The first kappa shape index (κ1) is 12.9. The normalized spacial score (nSPS) is 10.7. The summed E-state index contributed by atoms with van der Waals surface area (Å²) in [4.78, 5) is 8.03. The quantitative estimate of drug-likeness (QED) is 0.891. The molecule has 0 bridgehead atoms. The van der Waals surface area contributed by atoms with E-state index in [1.54, 1.807) is 11.3 Å². The van der Waals surface area contributed by atoms with Crippen molar-refractivity contribution in [2.24, 2.45) is 0 Å². The van der Waals surface area contributed by atoms with E-state index in [0.29, 0.717) is 6.04 Å². The number of nitrogens with one attached hydrogen (secondary N) is 1. The average Bonchev–Trinajstić information content (AvgIpc) is 2.88. The first-order chi connectivity index (χ1) is 8.70. The number of thiophene rings is 1. The highest BCUT2D eigenvalue weighted by molar-refractivity contribution is 7.09. The van der Waals surface area contributed by atoms with Crippen molar-refractivity contribution >= 4 is 22.8 Å². The molecule has 0 radical (unpaired) electrons. The Balaban J connectivity index is 2.23. The van der Waals surface area contributed by atoms with Gasteiger partial charge in [-0.25, -0.2) is 4.98 Å². The molecule has 0 atom stereocenters. The van der Waals surface area contributed by atoms with E-state index in [-0.39, 0.29) is 0 Å². The van der Waals surface area contributed by atoms with Gasteiger partial charge >= 0.3 is 0 Å². The second kappa shape index (κ2) is 5.87. The van der Waals surface area contributed by atoms with Crippen molar-refractivity contribution in [2.45, 2.75) is 26.4 Å². The molecular formula is C14H19N3S. The van der Waals surface area contributed by atoms with Gasteiger partial charge in [0.2, 0.25) is 0 Å². The number of anilines is 2. The Morgan fingerprint density at radius 3 is 2.83 bits per heavy atom. The third-order valence-electron chi connectivity index (χ3n) is 2.86. The van der Waals surface area contributed by atoms with E-state index in [1.165, 1.54) is 10.6 Å². The van der Waals surface area contributed by atoms with Gasteiger partial charge in [-0.15, -0.1) is 11.3 Å². The smallest absolute Gasteiger partial charge is 0.127 e. The summed E-state index contributed by atoms with van der Waals surface area (Å²) in [5, 5.41) is 5.21. The van der Waals surface area contributed by atoms with Crippen LogP contribution in [0, 0.1) is 0 Å². The van der Waals surface area contributed by atoms with E-state index in [1.807, 2.05) is 13.2 Å². The maximum absolute atomic E-state index is 4.26. The van der Waals surface area contributed by atoms with Crippen molar-refractivity contribution in [2.75, 3.05) is 17.3 Å². The lowest BCUT2D eigenvalue weighted by atomic mass is 10.2. The van der Waals surface area contributed by atoms with Gasteiger partial charge < -0.3 is 10.2 Å². The number of hydrogen-bond acceptors (Lipinski definition) is 4. The Morgan fingerprint density at radius 2 is 2.22 bits per heavy atom. The molecule has 0 aliphatic heterocycles. The minimum atomic E-state index is 0.458. The fourth-order valence-electron chi connectivity index (χ4n) is 1.88. The Morgan fingerprint density at radius 1 is 1.39 bits per heavy atom. The first-order valence-electron chi connectivity index (χ1n) is 6.13. The van der Waals surface area contributed by atoms with Gasteiger partial charge in [0.1, 0.15) is 5.82 Å². The van der Waals surface area contributed by atoms with Crippen LogP contribution in [0.25, 0.3) is 0 Å². The van der Waals surface area contributed by atoms with Crippen LogP contribution in [-0.4, -0.2) is 18.1 Å². The van der Waals surface area contributed by atoms with E-state index >= 15 is 0 Å². The first-order valence-corrected chi connectivity index (χ1v) is 7.01. The summed E-state index contributed by atoms with van der Waals surface area (Å²) in [7, 11) is 1.89. The van der Waals surface area contributed by atoms with Crippen molar-refractivity contribution < 1.29 is 0 Å². The second-order valence-corrected chi connectivity index (χ2v) is 5.48. The molecule has 0 saturated carbocycles. The van der Waals surface area contributed by atoms with Gasteiger partial charge in [0, 0.05) is 35.9 Å². The summed E-state index contributed by atoms with van der Waals surface area (Å²) in [6, 6.07) is 8.89. The summed E-state index contributed by atoms with van der Waals surface area (Å²) in [5.41, 5.74) is 1.21. The van der Waals surface area contributed by atoms with Gasteiger partial charge in [-0.1, -0.05) is 6.07 Å². The number of aromatic nitrogens is 1. The van der Waals surface area contributed by atoms with Gasteiger partial charge in [-0.05, 0) is 31.4 Å². The van der Waals surface area contributed by atoms with Gasteiger partial charge in [-0.2, -0.15) is 0 Å². The molecule has 2 heterocycles. The highest BCUT2D eigenvalue weighted by Crippen LogP contribution is 2.23. The van der Waals surface area contributed by atoms with E-state index in [9.17, 15) is 0 Å². The molecule has 0 fully saturated rings. The van der Waals surface area contributed by atoms with Crippen LogP contribution >= 0.6 is 11.3 Å². The van der Waals surface area contributed by atoms with Crippen LogP contribution in [0.4, 0.5) is 11.5 Å². The summed E-state index contributed by atoms with van der Waals surface area (Å²) in [6.45, 7) is 5.38. The zero-order chi connectivity index (χ0) is 13.0. The van der Waals surface area contributed by atoms with Gasteiger partial charge in [0.05, 0.1) is 6.54 Å². The summed E-state index contributed by atoms with van der Waals surface area (Å²) < 4.78 is 0. The molecule has 0 aromatic carbocycles. The summed E-state index contributed by atoms with van der Waals surface area (Å²) >= 11 is 1.80. The molecule has 2 rings (SSSR count). The lowest BCUT2D eigenvalue weighted by molar-refractivity contribution is 0.687. The SMILES string of the molecule is CNc1cc(N(Cc2cccs2)C(C)C)ccn1. The molecule has 0 saturated heterocycles. The van der Waals surface area contributed by atoms with Crippen molar-refractivity contribution in [1.29, 1.82) is 0 Å². The van der Waals surface area contributed by atoms with Crippen molar-refractivity contribution in [3.05, 3.63) is 40.7 Å². The molecule has 2 aromatic rings. The van der Waals surface area contributed by atoms with Gasteiger partial charge in [-0.3, -0.25) is 0 Å². The number of rotatable bonds is 5. The number of pyridine rings is 1. The van der Waals surface area contributed by atoms with Crippen LogP contribution in [-0.2, 0) is 6.54 Å². The predicted molar refractivity (Wildman–Crippen MR) is 79.4 cm³/mol. The van der Waals surface area contributed by atoms with Crippen LogP contribution in [0.3, 0.4) is 0 Å². The Bertz CT molecular complexity index is 480. The van der Waals surface area contributed by atoms with Crippen molar-refractivity contribution in [3.63, 3.8) is 0 Å². The Kier molecular flexibility index (Phi) is 4.20. The fraction of sp³-hybridized carbons (Fsp3) is 0.357.